The molecule has 1 amide bonds. The van der Waals surface area contributed by atoms with Gasteiger partial charge in [0, 0.05) is 29.3 Å². The molecule has 168 valence electrons. The summed E-state index contributed by atoms with van der Waals surface area (Å²) >= 11 is 12.2. The standard InChI is InChI=1S/C23H22Cl2N2O4S/c1-26(19-9-11-20(31-2)12-10-19)23(28)16-27(15-17-5-3-4-6-22(17)25)32(29,30)21-13-7-18(24)8-14-21/h3-14H,15-16H2,1-2H3. The highest BCUT2D eigenvalue weighted by Crippen LogP contribution is 2.24. The van der Waals surface area contributed by atoms with Crippen molar-refractivity contribution in [1.82, 2.24) is 4.31 Å². The molecule has 0 fully saturated rings. The lowest BCUT2D eigenvalue weighted by atomic mass is 10.2. The molecule has 0 aliphatic carbocycles. The van der Waals surface area contributed by atoms with E-state index >= 15 is 0 Å². The fourth-order valence-electron chi connectivity index (χ4n) is 3.00. The molecule has 0 bridgehead atoms. The molecular formula is C23H22Cl2N2O4S. The predicted molar refractivity (Wildman–Crippen MR) is 127 cm³/mol. The van der Waals surface area contributed by atoms with Gasteiger partial charge in [-0.25, -0.2) is 8.42 Å². The zero-order valence-corrected chi connectivity index (χ0v) is 19.9. The molecule has 0 spiro atoms. The third-order valence-corrected chi connectivity index (χ3v) is 7.33. The van der Waals surface area contributed by atoms with Gasteiger partial charge in [0.2, 0.25) is 15.9 Å². The molecule has 0 aliphatic heterocycles. The Labute approximate surface area is 198 Å². The van der Waals surface area contributed by atoms with Crippen LogP contribution in [0, 0.1) is 0 Å². The highest BCUT2D eigenvalue weighted by Gasteiger charge is 2.29. The van der Waals surface area contributed by atoms with Crippen LogP contribution in [0.1, 0.15) is 5.56 Å². The quantitative estimate of drug-likeness (QED) is 0.450. The highest BCUT2D eigenvalue weighted by molar-refractivity contribution is 7.89. The van der Waals surface area contributed by atoms with Crippen LogP contribution in [0.25, 0.3) is 0 Å². The second kappa shape index (κ2) is 10.4. The number of hydrogen-bond donors (Lipinski definition) is 0. The number of amides is 1. The Hall–Kier alpha value is -2.58. The van der Waals surface area contributed by atoms with E-state index in [4.69, 9.17) is 27.9 Å². The molecule has 0 heterocycles. The summed E-state index contributed by atoms with van der Waals surface area (Å²) in [5.74, 6) is 0.250. The topological polar surface area (TPSA) is 66.9 Å². The van der Waals surface area contributed by atoms with Crippen molar-refractivity contribution >= 4 is 44.8 Å². The van der Waals surface area contributed by atoms with Crippen LogP contribution in [0.5, 0.6) is 5.75 Å². The molecule has 32 heavy (non-hydrogen) atoms. The molecule has 3 aromatic carbocycles. The van der Waals surface area contributed by atoms with E-state index in [2.05, 4.69) is 0 Å². The number of carbonyl (C=O) groups is 1. The summed E-state index contributed by atoms with van der Waals surface area (Å²) in [5, 5.41) is 0.830. The van der Waals surface area contributed by atoms with Crippen molar-refractivity contribution in [2.45, 2.75) is 11.4 Å². The van der Waals surface area contributed by atoms with Crippen LogP contribution in [0.2, 0.25) is 10.0 Å². The highest BCUT2D eigenvalue weighted by atomic mass is 35.5. The fraction of sp³-hybridized carbons (Fsp3) is 0.174. The zero-order chi connectivity index (χ0) is 23.3. The van der Waals surface area contributed by atoms with Gasteiger partial charge in [-0.15, -0.1) is 0 Å². The molecule has 9 heteroatoms. The number of nitrogens with zero attached hydrogens (tertiary/aromatic N) is 2. The number of carbonyl (C=O) groups excluding carboxylic acids is 1. The van der Waals surface area contributed by atoms with Crippen LogP contribution in [0.4, 0.5) is 5.69 Å². The fourth-order valence-corrected chi connectivity index (χ4v) is 4.69. The second-order valence-corrected chi connectivity index (χ2v) is 9.75. The van der Waals surface area contributed by atoms with E-state index in [0.717, 1.165) is 4.31 Å². The summed E-state index contributed by atoms with van der Waals surface area (Å²) in [5.41, 5.74) is 1.20. The third kappa shape index (κ3) is 5.61. The molecule has 0 atom stereocenters. The Morgan fingerprint density at radius 2 is 1.56 bits per heavy atom. The van der Waals surface area contributed by atoms with Crippen LogP contribution in [0.3, 0.4) is 0 Å². The summed E-state index contributed by atoms with van der Waals surface area (Å²) in [4.78, 5) is 14.5. The van der Waals surface area contributed by atoms with E-state index in [1.165, 1.54) is 29.2 Å². The lowest BCUT2D eigenvalue weighted by Crippen LogP contribution is -2.41. The minimum absolute atomic E-state index is 0.0360. The lowest BCUT2D eigenvalue weighted by Gasteiger charge is -2.25. The SMILES string of the molecule is COc1ccc(N(C)C(=O)CN(Cc2ccccc2Cl)S(=O)(=O)c2ccc(Cl)cc2)cc1. The first kappa shape index (κ1) is 24.1. The molecule has 0 saturated carbocycles. The summed E-state index contributed by atoms with van der Waals surface area (Å²) in [6.07, 6.45) is 0. The van der Waals surface area contributed by atoms with Crippen molar-refractivity contribution in [3.8, 4) is 5.75 Å². The lowest BCUT2D eigenvalue weighted by molar-refractivity contribution is -0.118. The largest absolute Gasteiger partial charge is 0.497 e. The van der Waals surface area contributed by atoms with E-state index in [-0.39, 0.29) is 18.0 Å². The Morgan fingerprint density at radius 3 is 2.16 bits per heavy atom. The Bertz CT molecular complexity index is 1180. The van der Waals surface area contributed by atoms with Crippen LogP contribution in [-0.2, 0) is 21.4 Å². The maximum atomic E-state index is 13.4. The monoisotopic (exact) mass is 492 g/mol. The summed E-state index contributed by atoms with van der Waals surface area (Å²) in [6.45, 7) is -0.439. The van der Waals surface area contributed by atoms with Gasteiger partial charge in [0.25, 0.3) is 0 Å². The van der Waals surface area contributed by atoms with Gasteiger partial charge in [-0.2, -0.15) is 4.31 Å². The number of sulfonamides is 1. The molecule has 3 rings (SSSR count). The van der Waals surface area contributed by atoms with Gasteiger partial charge in [0.05, 0.1) is 18.6 Å². The number of rotatable bonds is 8. The summed E-state index contributed by atoms with van der Waals surface area (Å²) in [6, 6.07) is 19.6. The smallest absolute Gasteiger partial charge is 0.243 e. The molecular weight excluding hydrogens is 471 g/mol. The normalized spacial score (nSPS) is 11.4. The van der Waals surface area contributed by atoms with Gasteiger partial charge in [0.15, 0.2) is 0 Å². The van der Waals surface area contributed by atoms with E-state index in [1.807, 2.05) is 0 Å². The minimum Gasteiger partial charge on any atom is -0.497 e. The first-order valence-electron chi connectivity index (χ1n) is 9.62. The van der Waals surface area contributed by atoms with Crippen molar-refractivity contribution in [1.29, 1.82) is 0 Å². The van der Waals surface area contributed by atoms with Crippen LogP contribution in [-0.4, -0.2) is 39.3 Å². The van der Waals surface area contributed by atoms with Crippen LogP contribution < -0.4 is 9.64 Å². The molecule has 0 saturated heterocycles. The zero-order valence-electron chi connectivity index (χ0n) is 17.5. The number of anilines is 1. The molecule has 0 aromatic heterocycles. The van der Waals surface area contributed by atoms with Gasteiger partial charge in [-0.05, 0) is 60.2 Å². The van der Waals surface area contributed by atoms with E-state index in [9.17, 15) is 13.2 Å². The minimum atomic E-state index is -4.01. The number of benzene rings is 3. The maximum Gasteiger partial charge on any atom is 0.243 e. The third-order valence-electron chi connectivity index (χ3n) is 4.90. The van der Waals surface area contributed by atoms with Gasteiger partial charge >= 0.3 is 0 Å². The van der Waals surface area contributed by atoms with Gasteiger partial charge in [-0.3, -0.25) is 4.79 Å². The second-order valence-electron chi connectivity index (χ2n) is 6.97. The van der Waals surface area contributed by atoms with E-state index in [1.54, 1.807) is 62.7 Å². The molecule has 3 aromatic rings. The number of hydrogen-bond acceptors (Lipinski definition) is 4. The molecule has 0 N–H and O–H groups in total. The van der Waals surface area contributed by atoms with E-state index < -0.39 is 15.9 Å². The average molecular weight is 493 g/mol. The van der Waals surface area contributed by atoms with Crippen molar-refractivity contribution in [2.75, 3.05) is 25.6 Å². The first-order chi connectivity index (χ1) is 15.2. The average Bonchev–Trinajstić information content (AvgIpc) is 2.79. The number of halogens is 2. The molecule has 6 nitrogen and oxygen atoms in total. The van der Waals surface area contributed by atoms with Crippen molar-refractivity contribution in [3.63, 3.8) is 0 Å². The Kier molecular flexibility index (Phi) is 7.79. The Balaban J connectivity index is 1.91. The first-order valence-corrected chi connectivity index (χ1v) is 11.8. The van der Waals surface area contributed by atoms with Gasteiger partial charge < -0.3 is 9.64 Å². The van der Waals surface area contributed by atoms with Crippen molar-refractivity contribution in [3.05, 3.63) is 88.4 Å². The molecule has 0 aliphatic rings. The number of methoxy groups -OCH3 is 1. The number of likely N-dealkylation sites (N-methyl/N-ethyl adjacent to an activating group) is 1. The molecule has 0 radical (unpaired) electrons. The van der Waals surface area contributed by atoms with Gasteiger partial charge in [0.1, 0.15) is 5.75 Å². The maximum absolute atomic E-state index is 13.4. The van der Waals surface area contributed by atoms with Crippen molar-refractivity contribution < 1.29 is 17.9 Å². The van der Waals surface area contributed by atoms with Gasteiger partial charge in [-0.1, -0.05) is 41.4 Å². The predicted octanol–water partition coefficient (Wildman–Crippen LogP) is 4.86. The Morgan fingerprint density at radius 1 is 0.938 bits per heavy atom. The summed E-state index contributed by atoms with van der Waals surface area (Å²) < 4.78 is 33.0. The van der Waals surface area contributed by atoms with E-state index in [0.29, 0.717) is 27.0 Å². The summed E-state index contributed by atoms with van der Waals surface area (Å²) in [7, 11) is -0.862. The van der Waals surface area contributed by atoms with Crippen LogP contribution >= 0.6 is 23.2 Å². The molecule has 0 unspecified atom stereocenters. The number of ether oxygens (including phenoxy) is 1. The van der Waals surface area contributed by atoms with Crippen molar-refractivity contribution in [2.24, 2.45) is 0 Å². The van der Waals surface area contributed by atoms with Crippen LogP contribution in [0.15, 0.2) is 77.7 Å².